The van der Waals surface area contributed by atoms with E-state index in [9.17, 15) is 9.18 Å². The lowest BCUT2D eigenvalue weighted by molar-refractivity contribution is 0.0744. The monoisotopic (exact) mass is 442 g/mol. The molecule has 168 valence electrons. The number of aryl methyl sites for hydroxylation is 1. The van der Waals surface area contributed by atoms with Gasteiger partial charge in [-0.3, -0.25) is 9.78 Å². The summed E-state index contributed by atoms with van der Waals surface area (Å²) >= 11 is 0. The number of hydrogen-bond acceptors (Lipinski definition) is 3. The van der Waals surface area contributed by atoms with Gasteiger partial charge in [0.15, 0.2) is 5.69 Å². The number of aromatic nitrogens is 3. The Balaban J connectivity index is 1.44. The van der Waals surface area contributed by atoms with Gasteiger partial charge in [0, 0.05) is 48.1 Å². The predicted octanol–water partition coefficient (Wildman–Crippen LogP) is 5.48. The molecule has 1 aliphatic carbocycles. The topological polar surface area (TPSA) is 61.9 Å². The highest BCUT2D eigenvalue weighted by atomic mass is 19.1. The summed E-state index contributed by atoms with van der Waals surface area (Å²) in [5.74, 6) is 0.180. The Morgan fingerprint density at radius 2 is 1.97 bits per heavy atom. The van der Waals surface area contributed by atoms with Crippen molar-refractivity contribution in [3.63, 3.8) is 0 Å². The molecule has 1 amide bonds. The lowest BCUT2D eigenvalue weighted by Gasteiger charge is -2.23. The molecule has 6 heteroatoms. The SMILES string of the molecule is Cc1cccc(-c2nccnc2C(=O)N(CCc2c[nH]c3ccc(F)cc23)CC2CC2)c1C. The third-order valence-corrected chi connectivity index (χ3v) is 6.60. The molecular formula is C27H27FN4O. The Labute approximate surface area is 192 Å². The number of H-pyrrole nitrogens is 1. The van der Waals surface area contributed by atoms with E-state index < -0.39 is 0 Å². The van der Waals surface area contributed by atoms with Crippen LogP contribution in [0.3, 0.4) is 0 Å². The first-order valence-electron chi connectivity index (χ1n) is 11.4. The average Bonchev–Trinajstić information content (AvgIpc) is 3.56. The van der Waals surface area contributed by atoms with Crippen molar-refractivity contribution >= 4 is 16.8 Å². The molecule has 5 nitrogen and oxygen atoms in total. The van der Waals surface area contributed by atoms with Crippen molar-refractivity contribution in [3.05, 3.63) is 83.2 Å². The zero-order valence-electron chi connectivity index (χ0n) is 18.9. The van der Waals surface area contributed by atoms with Crippen LogP contribution in [0.1, 0.15) is 40.0 Å². The van der Waals surface area contributed by atoms with E-state index in [1.54, 1.807) is 24.5 Å². The van der Waals surface area contributed by atoms with Crippen molar-refractivity contribution in [1.82, 2.24) is 19.9 Å². The molecule has 0 atom stereocenters. The van der Waals surface area contributed by atoms with Crippen molar-refractivity contribution in [3.8, 4) is 11.3 Å². The van der Waals surface area contributed by atoms with Crippen LogP contribution in [0.2, 0.25) is 0 Å². The van der Waals surface area contributed by atoms with Gasteiger partial charge in [-0.25, -0.2) is 9.37 Å². The van der Waals surface area contributed by atoms with Crippen LogP contribution in [0.25, 0.3) is 22.2 Å². The first-order chi connectivity index (χ1) is 16.0. The van der Waals surface area contributed by atoms with Gasteiger partial charge in [0.25, 0.3) is 5.91 Å². The highest BCUT2D eigenvalue weighted by molar-refractivity contribution is 5.98. The second kappa shape index (κ2) is 8.77. The number of aromatic amines is 1. The molecule has 5 rings (SSSR count). The van der Waals surface area contributed by atoms with Gasteiger partial charge in [0.1, 0.15) is 11.5 Å². The van der Waals surface area contributed by atoms with Gasteiger partial charge < -0.3 is 9.88 Å². The third-order valence-electron chi connectivity index (χ3n) is 6.60. The summed E-state index contributed by atoms with van der Waals surface area (Å²) in [6, 6.07) is 10.8. The number of nitrogens with zero attached hydrogens (tertiary/aromatic N) is 3. The standard InChI is InChI=1S/C27H27FN4O/c1-17-4-3-5-22(18(17)2)25-26(30-12-11-29-25)27(33)32(16-19-6-7-19)13-10-20-15-31-24-9-8-21(28)14-23(20)24/h3-5,8-9,11-12,14-15,19,31H,6-7,10,13,16H2,1-2H3. The number of halogens is 1. The Bertz CT molecular complexity index is 1320. The molecule has 0 saturated heterocycles. The molecule has 0 spiro atoms. The molecule has 2 aromatic heterocycles. The molecule has 1 fully saturated rings. The molecule has 2 heterocycles. The van der Waals surface area contributed by atoms with E-state index >= 15 is 0 Å². The van der Waals surface area contributed by atoms with E-state index in [1.165, 1.54) is 6.07 Å². The van der Waals surface area contributed by atoms with Gasteiger partial charge >= 0.3 is 0 Å². The molecule has 4 aromatic rings. The molecule has 2 aromatic carbocycles. The quantitative estimate of drug-likeness (QED) is 0.412. The number of benzene rings is 2. The molecule has 33 heavy (non-hydrogen) atoms. The highest BCUT2D eigenvalue weighted by Gasteiger charge is 2.29. The van der Waals surface area contributed by atoms with Crippen LogP contribution in [0.5, 0.6) is 0 Å². The Kier molecular flexibility index (Phi) is 5.67. The summed E-state index contributed by atoms with van der Waals surface area (Å²) in [5, 5.41) is 0.865. The molecule has 1 aliphatic rings. The van der Waals surface area contributed by atoms with Crippen LogP contribution in [-0.4, -0.2) is 38.8 Å². The maximum atomic E-state index is 13.8. The van der Waals surface area contributed by atoms with Crippen LogP contribution >= 0.6 is 0 Å². The normalized spacial score (nSPS) is 13.4. The van der Waals surface area contributed by atoms with Gasteiger partial charge in [-0.05, 0) is 73.9 Å². The summed E-state index contributed by atoms with van der Waals surface area (Å²) < 4.78 is 13.8. The van der Waals surface area contributed by atoms with E-state index in [0.717, 1.165) is 46.0 Å². The summed E-state index contributed by atoms with van der Waals surface area (Å²) in [6.45, 7) is 5.35. The molecule has 1 saturated carbocycles. The zero-order chi connectivity index (χ0) is 22.9. The van der Waals surface area contributed by atoms with Gasteiger partial charge in [0.05, 0.1) is 0 Å². The number of rotatable bonds is 7. The fraction of sp³-hybridized carbons (Fsp3) is 0.296. The largest absolute Gasteiger partial charge is 0.361 e. The van der Waals surface area contributed by atoms with Crippen molar-refractivity contribution in [2.45, 2.75) is 33.1 Å². The second-order valence-electron chi connectivity index (χ2n) is 8.95. The van der Waals surface area contributed by atoms with Crippen LogP contribution in [0, 0.1) is 25.6 Å². The minimum Gasteiger partial charge on any atom is -0.361 e. The minimum atomic E-state index is -0.257. The van der Waals surface area contributed by atoms with Crippen molar-refractivity contribution in [1.29, 1.82) is 0 Å². The van der Waals surface area contributed by atoms with Gasteiger partial charge in [-0.15, -0.1) is 0 Å². The summed E-state index contributed by atoms with van der Waals surface area (Å²) in [5.41, 5.74) is 6.10. The van der Waals surface area contributed by atoms with Crippen molar-refractivity contribution in [2.24, 2.45) is 5.92 Å². The van der Waals surface area contributed by atoms with Crippen LogP contribution < -0.4 is 0 Å². The van der Waals surface area contributed by atoms with Crippen LogP contribution in [0.4, 0.5) is 4.39 Å². The Hall–Kier alpha value is -3.54. The zero-order valence-corrected chi connectivity index (χ0v) is 18.9. The van der Waals surface area contributed by atoms with E-state index in [1.807, 2.05) is 30.2 Å². The fourth-order valence-electron chi connectivity index (χ4n) is 4.35. The molecule has 1 N–H and O–H groups in total. The number of nitrogens with one attached hydrogen (secondary N) is 1. The van der Waals surface area contributed by atoms with Gasteiger partial charge in [-0.2, -0.15) is 0 Å². The molecular weight excluding hydrogens is 415 g/mol. The molecule has 0 radical (unpaired) electrons. The fourth-order valence-corrected chi connectivity index (χ4v) is 4.35. The van der Waals surface area contributed by atoms with E-state index in [2.05, 4.69) is 27.9 Å². The molecule has 0 aliphatic heterocycles. The lowest BCUT2D eigenvalue weighted by atomic mass is 9.99. The maximum Gasteiger partial charge on any atom is 0.274 e. The average molecular weight is 443 g/mol. The van der Waals surface area contributed by atoms with Crippen LogP contribution in [0.15, 0.2) is 55.0 Å². The van der Waals surface area contributed by atoms with E-state index in [-0.39, 0.29) is 11.7 Å². The minimum absolute atomic E-state index is 0.100. The summed E-state index contributed by atoms with van der Waals surface area (Å²) in [4.78, 5) is 27.9. The predicted molar refractivity (Wildman–Crippen MR) is 128 cm³/mol. The number of fused-ring (bicyclic) bond motifs is 1. The second-order valence-corrected chi connectivity index (χ2v) is 8.95. The van der Waals surface area contributed by atoms with Crippen molar-refractivity contribution < 1.29 is 9.18 Å². The van der Waals surface area contributed by atoms with Gasteiger partial charge in [-0.1, -0.05) is 18.2 Å². The number of amides is 1. The van der Waals surface area contributed by atoms with Crippen molar-refractivity contribution in [2.75, 3.05) is 13.1 Å². The Morgan fingerprint density at radius 1 is 1.15 bits per heavy atom. The van der Waals surface area contributed by atoms with E-state index in [4.69, 9.17) is 0 Å². The number of carbonyl (C=O) groups excluding carboxylic acids is 1. The highest BCUT2D eigenvalue weighted by Crippen LogP contribution is 2.32. The first kappa shape index (κ1) is 21.3. The number of carbonyl (C=O) groups is 1. The maximum absolute atomic E-state index is 13.8. The summed E-state index contributed by atoms with van der Waals surface area (Å²) in [7, 11) is 0. The smallest absolute Gasteiger partial charge is 0.274 e. The lowest BCUT2D eigenvalue weighted by Crippen LogP contribution is -2.35. The van der Waals surface area contributed by atoms with E-state index in [0.29, 0.717) is 36.8 Å². The first-order valence-corrected chi connectivity index (χ1v) is 11.4. The molecule has 0 bridgehead atoms. The number of hydrogen-bond donors (Lipinski definition) is 1. The Morgan fingerprint density at radius 3 is 2.79 bits per heavy atom. The van der Waals surface area contributed by atoms with Crippen LogP contribution in [-0.2, 0) is 6.42 Å². The molecule has 0 unspecified atom stereocenters. The third kappa shape index (κ3) is 4.38. The van der Waals surface area contributed by atoms with Gasteiger partial charge in [0.2, 0.25) is 0 Å². The summed E-state index contributed by atoms with van der Waals surface area (Å²) in [6.07, 6.45) is 8.06.